The molecule has 1 heterocycles. The number of methoxy groups -OCH3 is 1. The van der Waals surface area contributed by atoms with Gasteiger partial charge in [-0.3, -0.25) is 9.36 Å². The summed E-state index contributed by atoms with van der Waals surface area (Å²) >= 11 is 0.518. The van der Waals surface area contributed by atoms with Crippen LogP contribution in [0.5, 0.6) is 5.75 Å². The third-order valence-corrected chi connectivity index (χ3v) is 5.73. The molecule has 3 rings (SSSR count). The van der Waals surface area contributed by atoms with E-state index >= 15 is 0 Å². The zero-order chi connectivity index (χ0) is 20.7. The van der Waals surface area contributed by atoms with Crippen LogP contribution in [0.2, 0.25) is 0 Å². The molecule has 28 heavy (non-hydrogen) atoms. The van der Waals surface area contributed by atoms with E-state index in [1.165, 1.54) is 10.6 Å². The standard InChI is InChI=1S/C20H21F3N2O2S/c1-5-8-25-17(26)15-16(24-18(25)28-11-20(21,22)23)14-7-6-13(27-4)9-12(14)10-19(15,2)3/h5-7,9H,1,8,10-11H2,2-4H3. The van der Waals surface area contributed by atoms with Crippen molar-refractivity contribution < 1.29 is 17.9 Å². The molecule has 0 amide bonds. The molecule has 0 atom stereocenters. The maximum absolute atomic E-state index is 13.3. The molecule has 0 radical (unpaired) electrons. The van der Waals surface area contributed by atoms with Gasteiger partial charge in [0.15, 0.2) is 5.16 Å². The van der Waals surface area contributed by atoms with Crippen LogP contribution in [-0.4, -0.2) is 28.6 Å². The van der Waals surface area contributed by atoms with Crippen molar-refractivity contribution in [3.8, 4) is 17.0 Å². The molecular formula is C20H21F3N2O2S. The molecular weight excluding hydrogens is 389 g/mol. The number of hydrogen-bond donors (Lipinski definition) is 0. The summed E-state index contributed by atoms with van der Waals surface area (Å²) in [5, 5.41) is 0.0421. The van der Waals surface area contributed by atoms with E-state index in [-0.39, 0.29) is 17.3 Å². The first-order valence-corrected chi connectivity index (χ1v) is 9.69. The van der Waals surface area contributed by atoms with Gasteiger partial charge >= 0.3 is 6.18 Å². The van der Waals surface area contributed by atoms with Crippen LogP contribution < -0.4 is 10.3 Å². The number of rotatable bonds is 5. The van der Waals surface area contributed by atoms with Crippen LogP contribution in [0.25, 0.3) is 11.3 Å². The summed E-state index contributed by atoms with van der Waals surface area (Å²) in [4.78, 5) is 17.8. The Balaban J connectivity index is 2.25. The van der Waals surface area contributed by atoms with E-state index in [2.05, 4.69) is 11.6 Å². The van der Waals surface area contributed by atoms with Crippen molar-refractivity contribution in [3.05, 3.63) is 52.3 Å². The van der Waals surface area contributed by atoms with Gasteiger partial charge in [0, 0.05) is 23.1 Å². The fraction of sp³-hybridized carbons (Fsp3) is 0.400. The Bertz CT molecular complexity index is 981. The predicted octanol–water partition coefficient (Wildman–Crippen LogP) is 4.59. The largest absolute Gasteiger partial charge is 0.497 e. The van der Waals surface area contributed by atoms with Gasteiger partial charge in [-0.25, -0.2) is 4.98 Å². The minimum atomic E-state index is -4.36. The molecule has 1 aromatic carbocycles. The van der Waals surface area contributed by atoms with Gasteiger partial charge in [-0.2, -0.15) is 13.2 Å². The minimum Gasteiger partial charge on any atom is -0.497 e. The molecule has 0 spiro atoms. The molecule has 0 bridgehead atoms. The Kier molecular flexibility index (Phi) is 5.36. The van der Waals surface area contributed by atoms with Gasteiger partial charge in [0.05, 0.1) is 18.6 Å². The number of benzene rings is 1. The van der Waals surface area contributed by atoms with Crippen LogP contribution in [0, 0.1) is 0 Å². The van der Waals surface area contributed by atoms with E-state index in [4.69, 9.17) is 4.74 Å². The third kappa shape index (κ3) is 3.83. The second-order valence-electron chi connectivity index (χ2n) is 7.31. The lowest BCUT2D eigenvalue weighted by atomic mass is 9.72. The van der Waals surface area contributed by atoms with Crippen molar-refractivity contribution in [3.63, 3.8) is 0 Å². The minimum absolute atomic E-state index is 0.0421. The summed E-state index contributed by atoms with van der Waals surface area (Å²) in [5.41, 5.74) is 1.84. The lowest BCUT2D eigenvalue weighted by Crippen LogP contribution is -2.38. The van der Waals surface area contributed by atoms with E-state index in [1.54, 1.807) is 13.2 Å². The molecule has 0 saturated heterocycles. The van der Waals surface area contributed by atoms with Crippen LogP contribution in [0.3, 0.4) is 0 Å². The topological polar surface area (TPSA) is 44.1 Å². The van der Waals surface area contributed by atoms with Crippen LogP contribution >= 0.6 is 11.8 Å². The SMILES string of the molecule is C=CCn1c(SCC(F)(F)F)nc2c(c1=O)C(C)(C)Cc1cc(OC)ccc1-2. The van der Waals surface area contributed by atoms with Crippen molar-refractivity contribution in [2.45, 2.75) is 43.6 Å². The first-order valence-electron chi connectivity index (χ1n) is 8.70. The summed E-state index contributed by atoms with van der Waals surface area (Å²) in [6.07, 6.45) is -2.27. The Hall–Kier alpha value is -2.22. The Morgan fingerprint density at radius 3 is 2.71 bits per heavy atom. The number of allylic oxidation sites excluding steroid dienone is 1. The number of halogens is 3. The zero-order valence-corrected chi connectivity index (χ0v) is 16.7. The highest BCUT2D eigenvalue weighted by Crippen LogP contribution is 2.42. The van der Waals surface area contributed by atoms with E-state index in [9.17, 15) is 18.0 Å². The first-order chi connectivity index (χ1) is 13.1. The second-order valence-corrected chi connectivity index (χ2v) is 8.25. The maximum atomic E-state index is 13.3. The van der Waals surface area contributed by atoms with Gasteiger partial charge < -0.3 is 4.74 Å². The van der Waals surface area contributed by atoms with Crippen LogP contribution in [0.15, 0.2) is 40.8 Å². The van der Waals surface area contributed by atoms with Crippen molar-refractivity contribution in [2.75, 3.05) is 12.9 Å². The Morgan fingerprint density at radius 1 is 1.39 bits per heavy atom. The van der Waals surface area contributed by atoms with E-state index in [0.29, 0.717) is 35.2 Å². The van der Waals surface area contributed by atoms with Crippen molar-refractivity contribution in [1.82, 2.24) is 9.55 Å². The lowest BCUT2D eigenvalue weighted by molar-refractivity contribution is -0.105. The summed E-state index contributed by atoms with van der Waals surface area (Å²) < 4.78 is 44.9. The fourth-order valence-corrected chi connectivity index (χ4v) is 4.29. The number of ether oxygens (including phenoxy) is 1. The van der Waals surface area contributed by atoms with E-state index < -0.39 is 17.3 Å². The summed E-state index contributed by atoms with van der Waals surface area (Å²) in [6, 6.07) is 5.46. The highest BCUT2D eigenvalue weighted by Gasteiger charge is 2.37. The monoisotopic (exact) mass is 410 g/mol. The van der Waals surface area contributed by atoms with Gasteiger partial charge in [-0.05, 0) is 30.2 Å². The number of thioether (sulfide) groups is 1. The van der Waals surface area contributed by atoms with Crippen LogP contribution in [0.4, 0.5) is 13.2 Å². The lowest BCUT2D eigenvalue weighted by Gasteiger charge is -2.33. The normalized spacial score (nSPS) is 14.9. The maximum Gasteiger partial charge on any atom is 0.398 e. The smallest absolute Gasteiger partial charge is 0.398 e. The van der Waals surface area contributed by atoms with Crippen LogP contribution in [0.1, 0.15) is 25.0 Å². The highest BCUT2D eigenvalue weighted by molar-refractivity contribution is 7.99. The number of alkyl halides is 3. The quantitative estimate of drug-likeness (QED) is 0.411. The fourth-order valence-electron chi connectivity index (χ4n) is 3.53. The van der Waals surface area contributed by atoms with Gasteiger partial charge in [0.25, 0.3) is 5.56 Å². The second kappa shape index (κ2) is 7.31. The number of nitrogens with zero attached hydrogens (tertiary/aromatic N) is 2. The van der Waals surface area contributed by atoms with Gasteiger partial charge in [-0.15, -0.1) is 6.58 Å². The van der Waals surface area contributed by atoms with Gasteiger partial charge in [0.2, 0.25) is 0 Å². The molecule has 4 nitrogen and oxygen atoms in total. The predicted molar refractivity (Wildman–Crippen MR) is 104 cm³/mol. The average Bonchev–Trinajstić information content (AvgIpc) is 2.60. The summed E-state index contributed by atoms with van der Waals surface area (Å²) in [7, 11) is 1.57. The number of aromatic nitrogens is 2. The van der Waals surface area contributed by atoms with Gasteiger partial charge in [0.1, 0.15) is 5.75 Å². The van der Waals surface area contributed by atoms with Crippen LogP contribution in [-0.2, 0) is 18.4 Å². The average molecular weight is 410 g/mol. The van der Waals surface area contributed by atoms with E-state index in [0.717, 1.165) is 11.1 Å². The van der Waals surface area contributed by atoms with Crippen molar-refractivity contribution in [2.24, 2.45) is 0 Å². The molecule has 150 valence electrons. The summed E-state index contributed by atoms with van der Waals surface area (Å²) in [6.45, 7) is 7.60. The third-order valence-electron chi connectivity index (χ3n) is 4.69. The molecule has 8 heteroatoms. The molecule has 1 aliphatic carbocycles. The number of hydrogen-bond acceptors (Lipinski definition) is 4. The van der Waals surface area contributed by atoms with E-state index in [1.807, 2.05) is 26.0 Å². The Morgan fingerprint density at radius 2 is 2.11 bits per heavy atom. The molecule has 0 aliphatic heterocycles. The van der Waals surface area contributed by atoms with Crippen molar-refractivity contribution in [1.29, 1.82) is 0 Å². The number of fused-ring (bicyclic) bond motifs is 3. The molecule has 2 aromatic rings. The highest BCUT2D eigenvalue weighted by atomic mass is 32.2. The molecule has 0 unspecified atom stereocenters. The summed E-state index contributed by atoms with van der Waals surface area (Å²) in [5.74, 6) is -0.432. The zero-order valence-electron chi connectivity index (χ0n) is 15.9. The molecule has 0 saturated carbocycles. The Labute approximate surface area is 165 Å². The molecule has 0 fully saturated rings. The molecule has 1 aliphatic rings. The first kappa shape index (κ1) is 20.5. The molecule has 1 aromatic heterocycles. The molecule has 0 N–H and O–H groups in total. The van der Waals surface area contributed by atoms with Crippen molar-refractivity contribution >= 4 is 11.8 Å². The van der Waals surface area contributed by atoms with Gasteiger partial charge in [-0.1, -0.05) is 31.7 Å².